The van der Waals surface area contributed by atoms with E-state index in [9.17, 15) is 14.4 Å². The van der Waals surface area contributed by atoms with Crippen LogP contribution in [0.4, 0.5) is 0 Å². The Balaban J connectivity index is 0.000000316. The second-order valence-corrected chi connectivity index (χ2v) is 9.89. The Morgan fingerprint density at radius 2 is 1.60 bits per heavy atom. The van der Waals surface area contributed by atoms with Crippen molar-refractivity contribution in [2.45, 2.75) is 57.4 Å². The van der Waals surface area contributed by atoms with Crippen LogP contribution in [0.2, 0.25) is 0 Å². The van der Waals surface area contributed by atoms with Gasteiger partial charge in [-0.05, 0) is 55.2 Å². The van der Waals surface area contributed by atoms with Crippen LogP contribution < -0.4 is 18.9 Å². The summed E-state index contributed by atoms with van der Waals surface area (Å²) in [5, 5.41) is 33.8. The van der Waals surface area contributed by atoms with Gasteiger partial charge in [0.05, 0.1) is 32.7 Å². The van der Waals surface area contributed by atoms with Crippen LogP contribution in [-0.2, 0) is 32.2 Å². The number of methoxy groups -OCH3 is 1. The van der Waals surface area contributed by atoms with E-state index in [0.29, 0.717) is 13.4 Å². The number of carbonyl (C=O) groups is 3. The van der Waals surface area contributed by atoms with E-state index in [1.54, 1.807) is 7.11 Å². The van der Waals surface area contributed by atoms with E-state index in [1.165, 1.54) is 11.1 Å². The molecule has 0 aromatic heterocycles. The van der Waals surface area contributed by atoms with Gasteiger partial charge in [0.1, 0.15) is 0 Å². The van der Waals surface area contributed by atoms with Crippen LogP contribution in [-0.4, -0.2) is 88.6 Å². The standard InChI is InChI=1S/C23H29NO5.C6H8O7/c1-3-26-22-11-17(6-8-20(22)25-2)13-24(15-19-5-4-10-27-19)14-18-7-9-21-23(12-18)29-16-28-21;7-3(8)1-6(13,5(11)12)2-4(9)10/h6-9,11-12,19H,3-5,10,13-16H2,1-2H3;13H,1-2H2,(H,7,8)(H,9,10)(H,11,12). The first kappa shape index (κ1) is 32.4. The van der Waals surface area contributed by atoms with Crippen molar-refractivity contribution in [3.63, 3.8) is 0 Å². The Hall–Kier alpha value is -4.07. The number of aliphatic carboxylic acids is 3. The summed E-state index contributed by atoms with van der Waals surface area (Å²) in [4.78, 5) is 32.9. The van der Waals surface area contributed by atoms with Gasteiger partial charge in [0.25, 0.3) is 0 Å². The predicted molar refractivity (Wildman–Crippen MR) is 147 cm³/mol. The molecule has 0 radical (unpaired) electrons. The first-order valence-corrected chi connectivity index (χ1v) is 13.4. The molecule has 42 heavy (non-hydrogen) atoms. The van der Waals surface area contributed by atoms with Gasteiger partial charge >= 0.3 is 17.9 Å². The van der Waals surface area contributed by atoms with E-state index in [1.807, 2.05) is 19.1 Å². The first-order chi connectivity index (χ1) is 20.0. The topological polar surface area (TPSA) is 182 Å². The Kier molecular flexibility index (Phi) is 11.8. The number of fused-ring (bicyclic) bond motifs is 1. The molecule has 0 aliphatic carbocycles. The lowest BCUT2D eigenvalue weighted by Gasteiger charge is -2.26. The summed E-state index contributed by atoms with van der Waals surface area (Å²) in [6.07, 6.45) is 0.251. The molecule has 1 saturated heterocycles. The lowest BCUT2D eigenvalue weighted by Crippen LogP contribution is -2.42. The lowest BCUT2D eigenvalue weighted by atomic mass is 9.96. The highest BCUT2D eigenvalue weighted by molar-refractivity contribution is 5.88. The largest absolute Gasteiger partial charge is 0.493 e. The summed E-state index contributed by atoms with van der Waals surface area (Å²) in [7, 11) is 1.67. The SMILES string of the molecule is CCOc1cc(CN(Cc2ccc3c(c2)OCO3)CC2CCCO2)ccc1OC.O=C(O)CC(O)(CC(=O)O)C(=O)O. The molecule has 1 atom stereocenters. The van der Waals surface area contributed by atoms with Crippen molar-refractivity contribution in [2.24, 2.45) is 0 Å². The van der Waals surface area contributed by atoms with Gasteiger partial charge in [0.2, 0.25) is 6.79 Å². The van der Waals surface area contributed by atoms with Gasteiger partial charge in [-0.2, -0.15) is 0 Å². The highest BCUT2D eigenvalue weighted by atomic mass is 16.7. The van der Waals surface area contributed by atoms with Gasteiger partial charge in [-0.3, -0.25) is 14.5 Å². The molecule has 0 saturated carbocycles. The molecule has 230 valence electrons. The van der Waals surface area contributed by atoms with Crippen LogP contribution in [0, 0.1) is 0 Å². The van der Waals surface area contributed by atoms with Crippen LogP contribution >= 0.6 is 0 Å². The molecular weight excluding hydrogens is 554 g/mol. The van der Waals surface area contributed by atoms with E-state index in [4.69, 9.17) is 44.1 Å². The van der Waals surface area contributed by atoms with Crippen LogP contribution in [0.3, 0.4) is 0 Å². The summed E-state index contributed by atoms with van der Waals surface area (Å²) in [5.74, 6) is -1.84. The predicted octanol–water partition coefficient (Wildman–Crippen LogP) is 2.76. The fraction of sp³-hybridized carbons (Fsp3) is 0.483. The fourth-order valence-electron chi connectivity index (χ4n) is 4.62. The van der Waals surface area contributed by atoms with E-state index in [2.05, 4.69) is 29.2 Å². The second-order valence-electron chi connectivity index (χ2n) is 9.89. The molecular formula is C29H37NO12. The zero-order valence-corrected chi connectivity index (χ0v) is 23.6. The minimum absolute atomic E-state index is 0.286. The molecule has 0 bridgehead atoms. The summed E-state index contributed by atoms with van der Waals surface area (Å²) in [6, 6.07) is 12.3. The molecule has 2 heterocycles. The molecule has 13 heteroatoms. The molecule has 4 N–H and O–H groups in total. The summed E-state index contributed by atoms with van der Waals surface area (Å²) in [5.41, 5.74) is -0.351. The summed E-state index contributed by atoms with van der Waals surface area (Å²) < 4.78 is 28.1. The third kappa shape index (κ3) is 9.50. The van der Waals surface area contributed by atoms with Gasteiger partial charge in [-0.25, -0.2) is 4.79 Å². The molecule has 1 fully saturated rings. The number of rotatable bonds is 14. The Morgan fingerprint density at radius 1 is 0.952 bits per heavy atom. The highest BCUT2D eigenvalue weighted by Crippen LogP contribution is 2.33. The maximum atomic E-state index is 10.3. The Labute approximate surface area is 243 Å². The number of carboxylic acid groups (broad SMARTS) is 3. The molecule has 2 aliphatic heterocycles. The minimum Gasteiger partial charge on any atom is -0.493 e. The third-order valence-electron chi connectivity index (χ3n) is 6.55. The normalized spacial score (nSPS) is 15.6. The number of hydrogen-bond donors (Lipinski definition) is 4. The molecule has 4 rings (SSSR count). The Bertz CT molecular complexity index is 1210. The molecule has 0 amide bonds. The second kappa shape index (κ2) is 15.2. The minimum atomic E-state index is -2.74. The van der Waals surface area contributed by atoms with E-state index >= 15 is 0 Å². The van der Waals surface area contributed by atoms with Crippen LogP contribution in [0.5, 0.6) is 23.0 Å². The number of nitrogens with zero attached hydrogens (tertiary/aromatic N) is 1. The number of aliphatic hydroxyl groups is 1. The fourth-order valence-corrected chi connectivity index (χ4v) is 4.62. The average Bonchev–Trinajstić information content (AvgIpc) is 3.60. The molecule has 2 aromatic carbocycles. The summed E-state index contributed by atoms with van der Waals surface area (Å²) >= 11 is 0. The quantitative estimate of drug-likeness (QED) is 0.252. The summed E-state index contributed by atoms with van der Waals surface area (Å²) in [6.45, 7) is 6.26. The Morgan fingerprint density at radius 3 is 2.17 bits per heavy atom. The molecule has 0 spiro atoms. The molecule has 2 aromatic rings. The first-order valence-electron chi connectivity index (χ1n) is 13.4. The van der Waals surface area contributed by atoms with Crippen molar-refractivity contribution >= 4 is 17.9 Å². The number of benzene rings is 2. The van der Waals surface area contributed by atoms with Crippen molar-refractivity contribution in [3.8, 4) is 23.0 Å². The van der Waals surface area contributed by atoms with E-state index < -0.39 is 36.4 Å². The van der Waals surface area contributed by atoms with Crippen LogP contribution in [0.15, 0.2) is 36.4 Å². The number of hydrogen-bond acceptors (Lipinski definition) is 10. The van der Waals surface area contributed by atoms with Gasteiger partial charge in [-0.15, -0.1) is 0 Å². The van der Waals surface area contributed by atoms with E-state index in [-0.39, 0.29) is 6.10 Å². The highest BCUT2D eigenvalue weighted by Gasteiger charge is 2.40. The monoisotopic (exact) mass is 591 g/mol. The zero-order valence-electron chi connectivity index (χ0n) is 23.6. The number of carboxylic acids is 3. The van der Waals surface area contributed by atoms with Gasteiger partial charge in [0.15, 0.2) is 28.6 Å². The maximum absolute atomic E-state index is 10.3. The van der Waals surface area contributed by atoms with Crippen LogP contribution in [0.1, 0.15) is 43.7 Å². The zero-order chi connectivity index (χ0) is 30.7. The van der Waals surface area contributed by atoms with Crippen molar-refractivity contribution in [2.75, 3.05) is 33.7 Å². The van der Waals surface area contributed by atoms with Gasteiger partial charge in [0, 0.05) is 26.2 Å². The van der Waals surface area contributed by atoms with Gasteiger partial charge < -0.3 is 44.1 Å². The third-order valence-corrected chi connectivity index (χ3v) is 6.55. The number of ether oxygens (including phenoxy) is 5. The van der Waals surface area contributed by atoms with Gasteiger partial charge in [-0.1, -0.05) is 12.1 Å². The van der Waals surface area contributed by atoms with Crippen molar-refractivity contribution in [1.29, 1.82) is 0 Å². The average molecular weight is 592 g/mol. The lowest BCUT2D eigenvalue weighted by molar-refractivity contribution is -0.170. The molecule has 1 unspecified atom stereocenters. The maximum Gasteiger partial charge on any atom is 0.336 e. The molecule has 2 aliphatic rings. The van der Waals surface area contributed by atoms with E-state index in [0.717, 1.165) is 62.1 Å². The smallest absolute Gasteiger partial charge is 0.336 e. The van der Waals surface area contributed by atoms with Crippen molar-refractivity contribution in [3.05, 3.63) is 47.5 Å². The van der Waals surface area contributed by atoms with Crippen molar-refractivity contribution in [1.82, 2.24) is 4.90 Å². The molecule has 13 nitrogen and oxygen atoms in total. The van der Waals surface area contributed by atoms with Crippen LogP contribution in [0.25, 0.3) is 0 Å². The van der Waals surface area contributed by atoms with Crippen molar-refractivity contribution < 1.29 is 58.5 Å².